The zero-order valence-corrected chi connectivity index (χ0v) is 16.6. The van der Waals surface area contributed by atoms with Crippen LogP contribution in [0.4, 0.5) is 0 Å². The smallest absolute Gasteiger partial charge is 0.253 e. The van der Waals surface area contributed by atoms with Crippen molar-refractivity contribution in [3.63, 3.8) is 0 Å². The minimum atomic E-state index is -2.33. The quantitative estimate of drug-likeness (QED) is 0.512. The number of hydrogen-bond donors (Lipinski definition) is 0. The van der Waals surface area contributed by atoms with Gasteiger partial charge in [0, 0.05) is 8.98 Å². The number of allylic oxidation sites excluding steroid dienone is 1. The Bertz CT molecular complexity index is 332. The Hall–Kier alpha value is 1.01. The van der Waals surface area contributed by atoms with Crippen LogP contribution in [0.15, 0.2) is 10.3 Å². The minimum absolute atomic E-state index is 0.0785. The minimum Gasteiger partial charge on any atom is -0.319 e. The van der Waals surface area contributed by atoms with E-state index in [2.05, 4.69) is 26.8 Å². The molecule has 0 N–H and O–H groups in total. The van der Waals surface area contributed by atoms with Gasteiger partial charge in [0.1, 0.15) is 0 Å². The molecule has 0 aliphatic heterocycles. The van der Waals surface area contributed by atoms with Crippen molar-refractivity contribution >= 4 is 40.6 Å². The maximum atomic E-state index is 5.91. The van der Waals surface area contributed by atoms with Crippen molar-refractivity contribution in [2.45, 2.75) is 72.3 Å². The van der Waals surface area contributed by atoms with Crippen LogP contribution in [-0.2, 0) is 20.9 Å². The highest BCUT2D eigenvalue weighted by Gasteiger charge is 2.27. The molecule has 0 aromatic heterocycles. The third kappa shape index (κ3) is 10.4. The SMILES string of the molecule is C/C=C(\SC(C)(C)C)SP(=S)(OC(C)C)OC(C)C. The first-order chi connectivity index (χ1) is 8.47. The first-order valence-corrected chi connectivity index (χ1v) is 11.4. The van der Waals surface area contributed by atoms with Crippen molar-refractivity contribution in [3.8, 4) is 0 Å². The molecule has 0 saturated carbocycles. The van der Waals surface area contributed by atoms with E-state index in [1.54, 1.807) is 11.4 Å². The summed E-state index contributed by atoms with van der Waals surface area (Å²) in [7, 11) is 0. The maximum Gasteiger partial charge on any atom is 0.253 e. The van der Waals surface area contributed by atoms with Crippen LogP contribution >= 0.6 is 28.8 Å². The first-order valence-electron chi connectivity index (χ1n) is 6.49. The van der Waals surface area contributed by atoms with Crippen LogP contribution in [0.2, 0.25) is 0 Å². The molecule has 0 amide bonds. The fourth-order valence-corrected chi connectivity index (χ4v) is 9.91. The summed E-state index contributed by atoms with van der Waals surface area (Å²) in [6, 6.07) is 0. The zero-order valence-electron chi connectivity index (χ0n) is 13.2. The van der Waals surface area contributed by atoms with Crippen LogP contribution < -0.4 is 0 Å². The zero-order chi connectivity index (χ0) is 15.3. The number of thioether (sulfide) groups is 1. The molecule has 0 radical (unpaired) electrons. The van der Waals surface area contributed by atoms with Crippen molar-refractivity contribution in [3.05, 3.63) is 10.3 Å². The van der Waals surface area contributed by atoms with Crippen LogP contribution in [0.3, 0.4) is 0 Å². The van der Waals surface area contributed by atoms with Crippen molar-refractivity contribution in [2.24, 2.45) is 0 Å². The van der Waals surface area contributed by atoms with Gasteiger partial charge < -0.3 is 9.05 Å². The van der Waals surface area contributed by atoms with E-state index in [0.29, 0.717) is 0 Å². The van der Waals surface area contributed by atoms with Crippen LogP contribution in [-0.4, -0.2) is 17.0 Å². The molecule has 0 rings (SSSR count). The van der Waals surface area contributed by atoms with Gasteiger partial charge in [-0.1, -0.05) is 26.8 Å². The Morgan fingerprint density at radius 3 is 1.79 bits per heavy atom. The molecule has 6 heteroatoms. The van der Waals surface area contributed by atoms with Gasteiger partial charge in [-0.3, -0.25) is 0 Å². The predicted molar refractivity (Wildman–Crippen MR) is 95.4 cm³/mol. The fraction of sp³-hybridized carbons (Fsp3) is 0.846. The summed E-state index contributed by atoms with van der Waals surface area (Å²) >= 11 is 9.05. The summed E-state index contributed by atoms with van der Waals surface area (Å²) in [5.41, 5.74) is -2.33. The molecule has 114 valence electrons. The second-order valence-corrected chi connectivity index (χ2v) is 13.9. The van der Waals surface area contributed by atoms with E-state index >= 15 is 0 Å². The van der Waals surface area contributed by atoms with E-state index in [1.807, 2.05) is 46.4 Å². The average molecular weight is 343 g/mol. The van der Waals surface area contributed by atoms with Gasteiger partial charge in [0.15, 0.2) is 0 Å². The molecule has 2 nitrogen and oxygen atoms in total. The van der Waals surface area contributed by atoms with Gasteiger partial charge in [-0.2, -0.15) is 0 Å². The highest BCUT2D eigenvalue weighted by molar-refractivity contribution is 8.71. The lowest BCUT2D eigenvalue weighted by atomic mass is 10.3. The van der Waals surface area contributed by atoms with Gasteiger partial charge in [0.2, 0.25) is 0 Å². The normalized spacial score (nSPS) is 14.5. The number of rotatable bonds is 7. The molecule has 0 spiro atoms. The van der Waals surface area contributed by atoms with E-state index < -0.39 is 5.69 Å². The summed E-state index contributed by atoms with van der Waals surface area (Å²) in [5.74, 6) is 0. The molecule has 0 unspecified atom stereocenters. The maximum absolute atomic E-state index is 5.91. The fourth-order valence-electron chi connectivity index (χ4n) is 1.13. The van der Waals surface area contributed by atoms with Crippen molar-refractivity contribution in [2.75, 3.05) is 0 Å². The van der Waals surface area contributed by atoms with Crippen molar-refractivity contribution in [1.82, 2.24) is 0 Å². The molecule has 19 heavy (non-hydrogen) atoms. The third-order valence-electron chi connectivity index (χ3n) is 1.52. The largest absolute Gasteiger partial charge is 0.319 e. The third-order valence-corrected chi connectivity index (χ3v) is 8.41. The lowest BCUT2D eigenvalue weighted by Crippen LogP contribution is -2.08. The summed E-state index contributed by atoms with van der Waals surface area (Å²) < 4.78 is 13.2. The second kappa shape index (κ2) is 8.45. The highest BCUT2D eigenvalue weighted by Crippen LogP contribution is 2.67. The Balaban J connectivity index is 4.94. The van der Waals surface area contributed by atoms with Crippen molar-refractivity contribution < 1.29 is 9.05 Å². The predicted octanol–water partition coefficient (Wildman–Crippen LogP) is 6.19. The molecule has 0 bridgehead atoms. The van der Waals surface area contributed by atoms with E-state index in [4.69, 9.17) is 20.9 Å². The molecule has 0 aromatic rings. The van der Waals surface area contributed by atoms with E-state index in [-0.39, 0.29) is 17.0 Å². The van der Waals surface area contributed by atoms with Gasteiger partial charge in [0.25, 0.3) is 5.69 Å². The van der Waals surface area contributed by atoms with E-state index in [1.165, 1.54) is 4.24 Å². The molecular formula is C13H27O2PS3. The molecular weight excluding hydrogens is 315 g/mol. The standard InChI is InChI=1S/C13H27O2PS3/c1-9-12(18-13(6,7)8)19-16(17,14-10(2)3)15-11(4)5/h9-11H,1-8H3/b12-9+. The summed E-state index contributed by atoms with van der Waals surface area (Å²) in [5, 5.41) is 0. The lowest BCUT2D eigenvalue weighted by Gasteiger charge is -2.28. The highest BCUT2D eigenvalue weighted by atomic mass is 32.9. The summed E-state index contributed by atoms with van der Waals surface area (Å²) in [6.07, 6.45) is 2.25. The Morgan fingerprint density at radius 1 is 1.11 bits per heavy atom. The van der Waals surface area contributed by atoms with E-state index in [9.17, 15) is 0 Å². The van der Waals surface area contributed by atoms with Crippen LogP contribution in [0, 0.1) is 0 Å². The van der Waals surface area contributed by atoms with Gasteiger partial charge in [-0.25, -0.2) is 0 Å². The van der Waals surface area contributed by atoms with Crippen LogP contribution in [0.1, 0.15) is 55.4 Å². The Morgan fingerprint density at radius 2 is 1.53 bits per heavy atom. The van der Waals surface area contributed by atoms with Gasteiger partial charge in [0.05, 0.1) is 12.2 Å². The topological polar surface area (TPSA) is 18.5 Å². The monoisotopic (exact) mass is 342 g/mol. The van der Waals surface area contributed by atoms with Crippen LogP contribution in [0.5, 0.6) is 0 Å². The van der Waals surface area contributed by atoms with Gasteiger partial charge in [-0.05, 0) is 57.8 Å². The first kappa shape index (κ1) is 20.0. The average Bonchev–Trinajstić information content (AvgIpc) is 2.10. The second-order valence-electron chi connectivity index (χ2n) is 5.67. The van der Waals surface area contributed by atoms with Crippen molar-refractivity contribution in [1.29, 1.82) is 0 Å². The van der Waals surface area contributed by atoms with Crippen LogP contribution in [0.25, 0.3) is 0 Å². The van der Waals surface area contributed by atoms with Gasteiger partial charge in [-0.15, -0.1) is 11.8 Å². The van der Waals surface area contributed by atoms with E-state index in [0.717, 1.165) is 0 Å². The lowest BCUT2D eigenvalue weighted by molar-refractivity contribution is 0.186. The number of hydrogen-bond acceptors (Lipinski definition) is 5. The Kier molecular flexibility index (Phi) is 8.90. The van der Waals surface area contributed by atoms with Gasteiger partial charge >= 0.3 is 0 Å². The molecule has 0 heterocycles. The molecule has 0 aliphatic rings. The summed E-state index contributed by atoms with van der Waals surface area (Å²) in [6.45, 7) is 16.6. The Labute approximate surface area is 132 Å². The molecule has 0 saturated heterocycles. The molecule has 0 atom stereocenters. The molecule has 0 fully saturated rings. The summed E-state index contributed by atoms with van der Waals surface area (Å²) in [4.78, 5) is 0. The molecule has 0 aliphatic carbocycles. The molecule has 0 aromatic carbocycles.